The van der Waals surface area contributed by atoms with E-state index in [1.54, 1.807) is 37.3 Å². The predicted molar refractivity (Wildman–Crippen MR) is 92.0 cm³/mol. The molecule has 0 fully saturated rings. The van der Waals surface area contributed by atoms with Crippen molar-refractivity contribution in [3.05, 3.63) is 87.6 Å². The van der Waals surface area contributed by atoms with Gasteiger partial charge in [-0.25, -0.2) is 17.9 Å². The largest absolute Gasteiger partial charge is 0.295 e. The number of carbonyl (C=O) groups excluding carboxylic acids is 1. The second-order valence-electron chi connectivity index (χ2n) is 5.55. The van der Waals surface area contributed by atoms with Crippen LogP contribution in [0.1, 0.15) is 16.2 Å². The third kappa shape index (κ3) is 3.66. The van der Waals surface area contributed by atoms with Gasteiger partial charge in [-0.2, -0.15) is 5.10 Å². The molecule has 2 N–H and O–H groups in total. The molecule has 0 saturated heterocycles. The van der Waals surface area contributed by atoms with Crippen molar-refractivity contribution in [2.24, 2.45) is 0 Å². The third-order valence-corrected chi connectivity index (χ3v) is 3.67. The van der Waals surface area contributed by atoms with Crippen LogP contribution in [0.25, 0.3) is 5.69 Å². The summed E-state index contributed by atoms with van der Waals surface area (Å²) in [6.07, 6.45) is 0. The minimum absolute atomic E-state index is 0.458. The second kappa shape index (κ2) is 7.32. The molecule has 0 aliphatic carbocycles. The Morgan fingerprint density at radius 3 is 2.44 bits per heavy atom. The molecule has 9 heteroatoms. The van der Waals surface area contributed by atoms with Crippen LogP contribution in [0, 0.1) is 24.4 Å². The summed E-state index contributed by atoms with van der Waals surface area (Å²) in [4.78, 5) is 24.4. The van der Waals surface area contributed by atoms with Crippen molar-refractivity contribution in [2.45, 2.75) is 6.92 Å². The van der Waals surface area contributed by atoms with Gasteiger partial charge in [-0.15, -0.1) is 0 Å². The first kappa shape index (κ1) is 18.2. The van der Waals surface area contributed by atoms with E-state index in [2.05, 4.69) is 10.5 Å². The van der Waals surface area contributed by atoms with Crippen molar-refractivity contribution < 1.29 is 18.0 Å². The number of aromatic nitrogens is 2. The minimum atomic E-state index is -1.69. The first-order valence-electron chi connectivity index (χ1n) is 7.74. The van der Waals surface area contributed by atoms with E-state index < -0.39 is 40.2 Å². The summed E-state index contributed by atoms with van der Waals surface area (Å²) in [5.74, 6) is -5.52. The van der Waals surface area contributed by atoms with E-state index in [9.17, 15) is 22.8 Å². The Balaban J connectivity index is 1.87. The van der Waals surface area contributed by atoms with Crippen LogP contribution >= 0.6 is 0 Å². The van der Waals surface area contributed by atoms with Crippen LogP contribution in [0.15, 0.2) is 53.3 Å². The van der Waals surface area contributed by atoms with Crippen LogP contribution in [0.4, 0.5) is 18.9 Å². The zero-order valence-corrected chi connectivity index (χ0v) is 14.0. The van der Waals surface area contributed by atoms with Gasteiger partial charge in [0.05, 0.1) is 11.4 Å². The van der Waals surface area contributed by atoms with Crippen molar-refractivity contribution in [3.63, 3.8) is 0 Å². The number of benzene rings is 2. The molecule has 3 rings (SSSR count). The average Bonchev–Trinajstić information content (AvgIpc) is 2.66. The zero-order valence-electron chi connectivity index (χ0n) is 14.0. The molecule has 1 aromatic heterocycles. The summed E-state index contributed by atoms with van der Waals surface area (Å²) >= 11 is 0. The second-order valence-corrected chi connectivity index (χ2v) is 5.55. The van der Waals surface area contributed by atoms with Crippen molar-refractivity contribution in [3.8, 4) is 5.69 Å². The Hall–Kier alpha value is -3.62. The number of aryl methyl sites for hydroxylation is 1. The molecule has 0 aliphatic heterocycles. The van der Waals surface area contributed by atoms with Gasteiger partial charge >= 0.3 is 0 Å². The lowest BCUT2D eigenvalue weighted by Crippen LogP contribution is -2.35. The van der Waals surface area contributed by atoms with Crippen molar-refractivity contribution in [1.82, 2.24) is 15.2 Å². The topological polar surface area (TPSA) is 76.0 Å². The fourth-order valence-electron chi connectivity index (χ4n) is 2.34. The number of anilines is 1. The van der Waals surface area contributed by atoms with Gasteiger partial charge in [0.1, 0.15) is 0 Å². The number of hydrogen-bond donors (Lipinski definition) is 2. The Kier molecular flexibility index (Phi) is 4.93. The quantitative estimate of drug-likeness (QED) is 0.544. The summed E-state index contributed by atoms with van der Waals surface area (Å²) < 4.78 is 41.2. The molecule has 0 bridgehead atoms. The molecular formula is C18H13F3N4O2. The monoisotopic (exact) mass is 374 g/mol. The molecule has 0 atom stereocenters. The van der Waals surface area contributed by atoms with Crippen LogP contribution < -0.4 is 16.3 Å². The molecule has 1 amide bonds. The predicted octanol–water partition coefficient (Wildman–Crippen LogP) is 2.72. The summed E-state index contributed by atoms with van der Waals surface area (Å²) in [7, 11) is 0. The van der Waals surface area contributed by atoms with E-state index in [4.69, 9.17) is 0 Å². The highest BCUT2D eigenvalue weighted by molar-refractivity contribution is 5.92. The maximum atomic E-state index is 13.6. The van der Waals surface area contributed by atoms with Crippen LogP contribution in [0.3, 0.4) is 0 Å². The molecule has 0 aliphatic rings. The van der Waals surface area contributed by atoms with E-state index in [0.29, 0.717) is 17.4 Å². The van der Waals surface area contributed by atoms with Crippen LogP contribution in [0.2, 0.25) is 0 Å². The lowest BCUT2D eigenvalue weighted by atomic mass is 10.2. The van der Waals surface area contributed by atoms with Gasteiger partial charge in [0, 0.05) is 11.8 Å². The highest BCUT2D eigenvalue weighted by Crippen LogP contribution is 2.18. The van der Waals surface area contributed by atoms with Gasteiger partial charge in [-0.1, -0.05) is 18.2 Å². The number of carbonyl (C=O) groups is 1. The summed E-state index contributed by atoms with van der Waals surface area (Å²) in [5, 5.41) is 4.03. The molecule has 0 unspecified atom stereocenters. The number of hydrogen-bond acceptors (Lipinski definition) is 4. The maximum Gasteiger partial charge on any atom is 0.294 e. The summed E-state index contributed by atoms with van der Waals surface area (Å²) in [6, 6.07) is 11.6. The van der Waals surface area contributed by atoms with Crippen molar-refractivity contribution in [1.29, 1.82) is 0 Å². The average molecular weight is 374 g/mol. The summed E-state index contributed by atoms with van der Waals surface area (Å²) in [5.41, 5.74) is 3.68. The number of amides is 1. The fraction of sp³-hybridized carbons (Fsp3) is 0.0556. The number of nitrogens with zero attached hydrogens (tertiary/aromatic N) is 2. The van der Waals surface area contributed by atoms with Crippen LogP contribution in [-0.2, 0) is 0 Å². The Labute approximate surface area is 151 Å². The number of rotatable bonds is 4. The van der Waals surface area contributed by atoms with Crippen LogP contribution in [-0.4, -0.2) is 15.7 Å². The van der Waals surface area contributed by atoms with Crippen molar-refractivity contribution >= 4 is 11.6 Å². The van der Waals surface area contributed by atoms with E-state index in [-0.39, 0.29) is 0 Å². The molecule has 0 saturated carbocycles. The van der Waals surface area contributed by atoms with E-state index in [1.807, 2.05) is 5.43 Å². The standard InChI is InChI=1S/C18H13F3N4O2/c1-10-9-14(26)17(24-25(10)11-5-3-2-4-6-11)18(27)23-22-13-8-7-12(19)15(20)16(13)21/h2-9,22H,1H3,(H,23,27). The molecule has 3 aromatic rings. The molecule has 138 valence electrons. The molecule has 27 heavy (non-hydrogen) atoms. The van der Waals surface area contributed by atoms with Crippen LogP contribution in [0.5, 0.6) is 0 Å². The smallest absolute Gasteiger partial charge is 0.294 e. The molecule has 2 aromatic carbocycles. The normalized spacial score (nSPS) is 10.5. The first-order chi connectivity index (χ1) is 12.9. The number of para-hydroxylation sites is 1. The highest BCUT2D eigenvalue weighted by Gasteiger charge is 2.17. The molecule has 1 heterocycles. The fourth-order valence-corrected chi connectivity index (χ4v) is 2.34. The van der Waals surface area contributed by atoms with Gasteiger partial charge < -0.3 is 0 Å². The first-order valence-corrected chi connectivity index (χ1v) is 7.74. The Morgan fingerprint density at radius 1 is 1.04 bits per heavy atom. The lowest BCUT2D eigenvalue weighted by Gasteiger charge is -2.12. The minimum Gasteiger partial charge on any atom is -0.295 e. The van der Waals surface area contributed by atoms with Gasteiger partial charge in [0.25, 0.3) is 5.91 Å². The number of nitrogens with one attached hydrogen (secondary N) is 2. The van der Waals surface area contributed by atoms with Gasteiger partial charge in [-0.3, -0.25) is 20.4 Å². The van der Waals surface area contributed by atoms with E-state index in [0.717, 1.165) is 6.07 Å². The SMILES string of the molecule is Cc1cc(=O)c(C(=O)NNc2ccc(F)c(F)c2F)nn1-c1ccccc1. The molecular weight excluding hydrogens is 361 g/mol. The summed E-state index contributed by atoms with van der Waals surface area (Å²) in [6.45, 7) is 1.65. The van der Waals surface area contributed by atoms with Crippen molar-refractivity contribution in [2.75, 3.05) is 5.43 Å². The third-order valence-electron chi connectivity index (χ3n) is 3.67. The maximum absolute atomic E-state index is 13.6. The van der Waals surface area contributed by atoms with Gasteiger partial charge in [0.15, 0.2) is 23.1 Å². The number of hydrazine groups is 1. The number of halogens is 3. The van der Waals surface area contributed by atoms with Gasteiger partial charge in [-0.05, 0) is 31.2 Å². The Morgan fingerprint density at radius 2 is 1.74 bits per heavy atom. The molecule has 0 spiro atoms. The Bertz CT molecular complexity index is 1070. The molecule has 6 nitrogen and oxygen atoms in total. The van der Waals surface area contributed by atoms with E-state index in [1.165, 1.54) is 10.7 Å². The lowest BCUT2D eigenvalue weighted by molar-refractivity contribution is 0.0954. The molecule has 0 radical (unpaired) electrons. The van der Waals surface area contributed by atoms with E-state index >= 15 is 0 Å². The highest BCUT2D eigenvalue weighted by atomic mass is 19.2. The zero-order chi connectivity index (χ0) is 19.6. The van der Waals surface area contributed by atoms with Gasteiger partial charge in [0.2, 0.25) is 5.43 Å².